The van der Waals surface area contributed by atoms with Crippen LogP contribution >= 0.6 is 0 Å². The highest BCUT2D eigenvalue weighted by molar-refractivity contribution is 5.33. The van der Waals surface area contributed by atoms with Crippen LogP contribution in [0.3, 0.4) is 0 Å². The Morgan fingerprint density at radius 2 is 1.18 bits per heavy atom. The van der Waals surface area contributed by atoms with Crippen molar-refractivity contribution in [1.82, 2.24) is 9.55 Å². The molecule has 0 saturated carbocycles. The fourth-order valence-corrected chi connectivity index (χ4v) is 6.44. The van der Waals surface area contributed by atoms with Crippen molar-refractivity contribution in [3.63, 3.8) is 0 Å². The summed E-state index contributed by atoms with van der Waals surface area (Å²) in [5, 5.41) is 0. The first-order valence-electron chi connectivity index (χ1n) is 16.3. The second-order valence-electron chi connectivity index (χ2n) is 12.0. The molecule has 39 heavy (non-hydrogen) atoms. The van der Waals surface area contributed by atoms with Crippen LogP contribution in [0.15, 0.2) is 73.1 Å². The van der Waals surface area contributed by atoms with E-state index in [1.54, 1.807) is 0 Å². The molecule has 2 aromatic carbocycles. The summed E-state index contributed by atoms with van der Waals surface area (Å²) in [5.41, 5.74) is 2.82. The Kier molecular flexibility index (Phi) is 14.5. The Labute approximate surface area is 240 Å². The molecule has 0 amide bonds. The molecule has 3 aromatic rings. The van der Waals surface area contributed by atoms with E-state index in [2.05, 4.69) is 92.2 Å². The molecule has 0 aliphatic rings. The Morgan fingerprint density at radius 3 is 1.72 bits per heavy atom. The van der Waals surface area contributed by atoms with Crippen molar-refractivity contribution >= 4 is 0 Å². The number of imidazole rings is 1. The van der Waals surface area contributed by atoms with Crippen molar-refractivity contribution in [2.45, 2.75) is 141 Å². The van der Waals surface area contributed by atoms with Crippen molar-refractivity contribution in [3.8, 4) is 0 Å². The third-order valence-corrected chi connectivity index (χ3v) is 8.86. The summed E-state index contributed by atoms with van der Waals surface area (Å²) >= 11 is 0. The van der Waals surface area contributed by atoms with Gasteiger partial charge in [0.05, 0.1) is 0 Å². The lowest BCUT2D eigenvalue weighted by molar-refractivity contribution is 0.323. The Bertz CT molecular complexity index is 993. The molecule has 2 unspecified atom stereocenters. The molecule has 1 aromatic heterocycles. The minimum Gasteiger partial charge on any atom is -0.335 e. The Hall–Kier alpha value is -2.35. The summed E-state index contributed by atoms with van der Waals surface area (Å²) in [7, 11) is 0. The SMILES string of the molecule is CCCCCCCCCCCCCCCCC(c1nccn1CC)C(C)(Cc1ccccc1)c1ccccc1. The van der Waals surface area contributed by atoms with E-state index in [0.717, 1.165) is 13.0 Å². The topological polar surface area (TPSA) is 17.8 Å². The zero-order chi connectivity index (χ0) is 27.6. The van der Waals surface area contributed by atoms with Crippen LogP contribution in [0.5, 0.6) is 0 Å². The highest BCUT2D eigenvalue weighted by atomic mass is 15.1. The molecule has 0 spiro atoms. The van der Waals surface area contributed by atoms with Crippen LogP contribution in [0, 0.1) is 0 Å². The van der Waals surface area contributed by atoms with Crippen LogP contribution in [0.1, 0.15) is 140 Å². The van der Waals surface area contributed by atoms with Crippen LogP contribution in [0.25, 0.3) is 0 Å². The summed E-state index contributed by atoms with van der Waals surface area (Å²) in [6.07, 6.45) is 26.0. The Morgan fingerprint density at radius 1 is 0.667 bits per heavy atom. The van der Waals surface area contributed by atoms with E-state index in [1.165, 1.54) is 113 Å². The largest absolute Gasteiger partial charge is 0.335 e. The maximum Gasteiger partial charge on any atom is 0.112 e. The van der Waals surface area contributed by atoms with Crippen LogP contribution in [-0.2, 0) is 18.4 Å². The van der Waals surface area contributed by atoms with Crippen LogP contribution < -0.4 is 0 Å². The van der Waals surface area contributed by atoms with Gasteiger partial charge in [-0.25, -0.2) is 4.98 Å². The number of benzene rings is 2. The molecule has 0 saturated heterocycles. The van der Waals surface area contributed by atoms with Gasteiger partial charge in [-0.2, -0.15) is 0 Å². The fraction of sp³-hybridized carbons (Fsp3) is 0.595. The molecule has 2 heteroatoms. The summed E-state index contributed by atoms with van der Waals surface area (Å²) in [5.74, 6) is 1.64. The van der Waals surface area contributed by atoms with Gasteiger partial charge in [0.1, 0.15) is 5.82 Å². The molecule has 0 fully saturated rings. The predicted octanol–water partition coefficient (Wildman–Crippen LogP) is 11.1. The van der Waals surface area contributed by atoms with E-state index in [9.17, 15) is 0 Å². The van der Waals surface area contributed by atoms with Gasteiger partial charge in [0, 0.05) is 30.3 Å². The quantitative estimate of drug-likeness (QED) is 0.126. The molecular formula is C37H56N2. The van der Waals surface area contributed by atoms with Gasteiger partial charge in [-0.15, -0.1) is 0 Å². The van der Waals surface area contributed by atoms with Gasteiger partial charge in [-0.3, -0.25) is 0 Å². The second kappa shape index (κ2) is 18.1. The van der Waals surface area contributed by atoms with E-state index >= 15 is 0 Å². The first kappa shape index (κ1) is 31.2. The van der Waals surface area contributed by atoms with E-state index in [1.807, 2.05) is 6.20 Å². The highest BCUT2D eigenvalue weighted by Gasteiger charge is 2.39. The lowest BCUT2D eigenvalue weighted by atomic mass is 9.66. The third kappa shape index (κ3) is 10.3. The van der Waals surface area contributed by atoms with Crippen molar-refractivity contribution in [3.05, 3.63) is 90.0 Å². The number of aromatic nitrogens is 2. The first-order valence-corrected chi connectivity index (χ1v) is 16.3. The van der Waals surface area contributed by atoms with Gasteiger partial charge in [0.15, 0.2) is 0 Å². The van der Waals surface area contributed by atoms with Crippen LogP contribution in [0.4, 0.5) is 0 Å². The summed E-state index contributed by atoms with van der Waals surface area (Å²) < 4.78 is 2.38. The van der Waals surface area contributed by atoms with Crippen molar-refractivity contribution in [2.75, 3.05) is 0 Å². The maximum atomic E-state index is 4.97. The van der Waals surface area contributed by atoms with Gasteiger partial charge in [-0.1, -0.05) is 164 Å². The van der Waals surface area contributed by atoms with Gasteiger partial charge >= 0.3 is 0 Å². The molecule has 0 N–H and O–H groups in total. The summed E-state index contributed by atoms with van der Waals surface area (Å²) in [6, 6.07) is 22.3. The number of unbranched alkanes of at least 4 members (excludes halogenated alkanes) is 13. The number of aryl methyl sites for hydroxylation is 1. The van der Waals surface area contributed by atoms with Gasteiger partial charge < -0.3 is 4.57 Å². The molecule has 0 bridgehead atoms. The number of rotatable bonds is 21. The average molecular weight is 529 g/mol. The summed E-state index contributed by atoms with van der Waals surface area (Å²) in [4.78, 5) is 4.97. The lowest BCUT2D eigenvalue weighted by Crippen LogP contribution is -2.35. The standard InChI is InChI=1S/C37H56N2/c1-4-6-7-8-9-10-11-12-13-14-15-16-17-24-29-35(36-38-30-31-39(36)5-2)37(3,34-27-22-19-23-28-34)32-33-25-20-18-21-26-33/h18-23,25-28,30-31,35H,4-17,24,29,32H2,1-3H3. The number of hydrogen-bond acceptors (Lipinski definition) is 1. The smallest absolute Gasteiger partial charge is 0.112 e. The molecule has 2 atom stereocenters. The van der Waals surface area contributed by atoms with Crippen LogP contribution in [-0.4, -0.2) is 9.55 Å². The highest BCUT2D eigenvalue weighted by Crippen LogP contribution is 2.44. The molecule has 0 radical (unpaired) electrons. The van der Waals surface area contributed by atoms with Crippen molar-refractivity contribution < 1.29 is 0 Å². The van der Waals surface area contributed by atoms with Gasteiger partial charge in [-0.05, 0) is 30.9 Å². The third-order valence-electron chi connectivity index (χ3n) is 8.86. The van der Waals surface area contributed by atoms with E-state index in [0.29, 0.717) is 5.92 Å². The van der Waals surface area contributed by atoms with Crippen molar-refractivity contribution in [2.24, 2.45) is 0 Å². The lowest BCUT2D eigenvalue weighted by Gasteiger charge is -2.39. The van der Waals surface area contributed by atoms with Crippen molar-refractivity contribution in [1.29, 1.82) is 0 Å². The van der Waals surface area contributed by atoms with E-state index in [4.69, 9.17) is 4.98 Å². The average Bonchev–Trinajstić information content (AvgIpc) is 3.44. The molecule has 214 valence electrons. The van der Waals surface area contributed by atoms with Gasteiger partial charge in [0.2, 0.25) is 0 Å². The Balaban J connectivity index is 1.55. The maximum absolute atomic E-state index is 4.97. The van der Waals surface area contributed by atoms with Crippen LogP contribution in [0.2, 0.25) is 0 Å². The normalized spacial score (nSPS) is 13.8. The molecule has 0 aliphatic carbocycles. The van der Waals surface area contributed by atoms with E-state index in [-0.39, 0.29) is 5.41 Å². The minimum atomic E-state index is -0.0164. The number of hydrogen-bond donors (Lipinski definition) is 0. The number of nitrogens with zero attached hydrogens (tertiary/aromatic N) is 2. The molecule has 3 rings (SSSR count). The van der Waals surface area contributed by atoms with E-state index < -0.39 is 0 Å². The minimum absolute atomic E-state index is 0.0164. The molecule has 0 aliphatic heterocycles. The first-order chi connectivity index (χ1) is 19.2. The van der Waals surface area contributed by atoms with Gasteiger partial charge in [0.25, 0.3) is 0 Å². The monoisotopic (exact) mass is 528 g/mol. The zero-order valence-corrected chi connectivity index (χ0v) is 25.4. The summed E-state index contributed by atoms with van der Waals surface area (Å²) in [6.45, 7) is 8.00. The predicted molar refractivity (Wildman–Crippen MR) is 170 cm³/mol. The second-order valence-corrected chi connectivity index (χ2v) is 12.0. The molecular weight excluding hydrogens is 472 g/mol. The fourth-order valence-electron chi connectivity index (χ4n) is 6.44. The molecule has 2 nitrogen and oxygen atoms in total. The molecule has 1 heterocycles. The zero-order valence-electron chi connectivity index (χ0n) is 25.4.